The summed E-state index contributed by atoms with van der Waals surface area (Å²) in [6.07, 6.45) is -4.37. The minimum absolute atomic E-state index is 0.120. The zero-order chi connectivity index (χ0) is 16.9. The molecule has 0 saturated carbocycles. The molecule has 1 atom stereocenters. The molecular formula is C17H18F3N2O+. The van der Waals surface area contributed by atoms with Gasteiger partial charge in [0.05, 0.1) is 5.56 Å². The van der Waals surface area contributed by atoms with E-state index in [0.717, 1.165) is 17.7 Å². The van der Waals surface area contributed by atoms with Crippen molar-refractivity contribution in [2.24, 2.45) is 0 Å². The van der Waals surface area contributed by atoms with Gasteiger partial charge in [0.1, 0.15) is 6.04 Å². The number of halogens is 3. The van der Waals surface area contributed by atoms with E-state index in [9.17, 15) is 18.0 Å². The second-order valence-corrected chi connectivity index (χ2v) is 5.26. The van der Waals surface area contributed by atoms with E-state index in [1.165, 1.54) is 12.1 Å². The third-order valence-corrected chi connectivity index (χ3v) is 3.48. The lowest BCUT2D eigenvalue weighted by atomic mass is 10.1. The summed E-state index contributed by atoms with van der Waals surface area (Å²) >= 11 is 0. The molecule has 3 N–H and O–H groups in total. The summed E-state index contributed by atoms with van der Waals surface area (Å²) in [6, 6.07) is 14.3. The van der Waals surface area contributed by atoms with E-state index in [-0.39, 0.29) is 18.5 Å². The highest BCUT2D eigenvalue weighted by molar-refractivity contribution is 5.91. The third kappa shape index (κ3) is 5.10. The second-order valence-electron chi connectivity index (χ2n) is 5.26. The molecule has 0 fully saturated rings. The van der Waals surface area contributed by atoms with Gasteiger partial charge < -0.3 is 10.6 Å². The summed E-state index contributed by atoms with van der Waals surface area (Å²) < 4.78 is 37.4. The molecule has 0 saturated heterocycles. The van der Waals surface area contributed by atoms with Crippen LogP contribution in [0.1, 0.15) is 24.1 Å². The van der Waals surface area contributed by atoms with Crippen molar-refractivity contribution in [2.75, 3.05) is 11.9 Å². The van der Waals surface area contributed by atoms with Gasteiger partial charge in [0, 0.05) is 11.3 Å². The molecular weight excluding hydrogens is 305 g/mol. The maximum atomic E-state index is 12.5. The van der Waals surface area contributed by atoms with Crippen molar-refractivity contribution in [3.05, 3.63) is 65.7 Å². The van der Waals surface area contributed by atoms with Crippen LogP contribution < -0.4 is 10.6 Å². The predicted molar refractivity (Wildman–Crippen MR) is 81.7 cm³/mol. The van der Waals surface area contributed by atoms with Crippen molar-refractivity contribution >= 4 is 11.6 Å². The first-order valence-electron chi connectivity index (χ1n) is 7.21. The Morgan fingerprint density at radius 1 is 1.09 bits per heavy atom. The number of nitrogens with one attached hydrogen (secondary N) is 1. The summed E-state index contributed by atoms with van der Waals surface area (Å²) in [5.41, 5.74) is 0.721. The van der Waals surface area contributed by atoms with Gasteiger partial charge in [-0.15, -0.1) is 0 Å². The van der Waals surface area contributed by atoms with E-state index >= 15 is 0 Å². The Kier molecular flexibility index (Phi) is 5.39. The van der Waals surface area contributed by atoms with E-state index in [0.29, 0.717) is 5.69 Å². The number of rotatable bonds is 5. The van der Waals surface area contributed by atoms with Crippen LogP contribution in [0.4, 0.5) is 18.9 Å². The van der Waals surface area contributed by atoms with Crippen molar-refractivity contribution in [3.8, 4) is 0 Å². The largest absolute Gasteiger partial charge is 0.416 e. The second kappa shape index (κ2) is 7.28. The van der Waals surface area contributed by atoms with Crippen LogP contribution in [0, 0.1) is 0 Å². The number of nitrogens with two attached hydrogens (primary N) is 1. The summed E-state index contributed by atoms with van der Waals surface area (Å²) in [4.78, 5) is 11.9. The van der Waals surface area contributed by atoms with Gasteiger partial charge >= 0.3 is 6.18 Å². The van der Waals surface area contributed by atoms with E-state index in [2.05, 4.69) is 5.32 Å². The number of hydrogen-bond donors (Lipinski definition) is 2. The number of alkyl halides is 3. The molecule has 0 aromatic heterocycles. The van der Waals surface area contributed by atoms with Crippen LogP contribution in [0.15, 0.2) is 54.6 Å². The van der Waals surface area contributed by atoms with Crippen LogP contribution in [-0.2, 0) is 11.0 Å². The Labute approximate surface area is 132 Å². The average molecular weight is 323 g/mol. The number of anilines is 1. The fourth-order valence-electron chi connectivity index (χ4n) is 2.13. The first-order valence-corrected chi connectivity index (χ1v) is 7.21. The summed E-state index contributed by atoms with van der Waals surface area (Å²) in [6.45, 7) is 2.18. The van der Waals surface area contributed by atoms with Gasteiger partial charge in [-0.25, -0.2) is 0 Å². The van der Waals surface area contributed by atoms with E-state index in [1.54, 1.807) is 0 Å². The lowest BCUT2D eigenvalue weighted by Crippen LogP contribution is -2.86. The molecule has 0 aliphatic heterocycles. The number of quaternary nitrogens is 1. The van der Waals surface area contributed by atoms with Crippen molar-refractivity contribution in [2.45, 2.75) is 19.1 Å². The highest BCUT2D eigenvalue weighted by Crippen LogP contribution is 2.29. The Balaban J connectivity index is 1.85. The number of benzene rings is 2. The van der Waals surface area contributed by atoms with Gasteiger partial charge in [-0.1, -0.05) is 30.3 Å². The molecule has 2 rings (SSSR count). The molecule has 2 aromatic rings. The standard InChI is InChI=1S/C17H17F3N2O/c1-12(13-5-3-2-4-6-13)21-11-16(23)22-15-9-7-14(8-10-15)17(18,19)20/h2-10,12,21H,11H2,1H3,(H,22,23)/p+1/t12-/m1/s1. The summed E-state index contributed by atoms with van der Waals surface area (Å²) in [5, 5.41) is 4.46. The van der Waals surface area contributed by atoms with Crippen molar-refractivity contribution in [3.63, 3.8) is 0 Å². The predicted octanol–water partition coefficient (Wildman–Crippen LogP) is 2.97. The Morgan fingerprint density at radius 2 is 1.70 bits per heavy atom. The number of amides is 1. The SMILES string of the molecule is C[C@@H]([NH2+]CC(=O)Nc1ccc(C(F)(F)F)cc1)c1ccccc1. The van der Waals surface area contributed by atoms with Crippen molar-refractivity contribution in [1.29, 1.82) is 0 Å². The zero-order valence-electron chi connectivity index (χ0n) is 12.6. The van der Waals surface area contributed by atoms with Gasteiger partial charge in [-0.05, 0) is 31.2 Å². The van der Waals surface area contributed by atoms with Crippen LogP contribution in [0.3, 0.4) is 0 Å². The van der Waals surface area contributed by atoms with Gasteiger partial charge in [-0.2, -0.15) is 13.2 Å². The molecule has 0 radical (unpaired) electrons. The zero-order valence-corrected chi connectivity index (χ0v) is 12.6. The lowest BCUT2D eigenvalue weighted by molar-refractivity contribution is -0.682. The van der Waals surface area contributed by atoms with E-state index < -0.39 is 11.7 Å². The molecule has 6 heteroatoms. The minimum atomic E-state index is -4.37. The molecule has 122 valence electrons. The molecule has 0 spiro atoms. The minimum Gasteiger partial charge on any atom is -0.333 e. The van der Waals surface area contributed by atoms with Crippen molar-refractivity contribution in [1.82, 2.24) is 0 Å². The number of carbonyl (C=O) groups excluding carboxylic acids is 1. The lowest BCUT2D eigenvalue weighted by Gasteiger charge is -2.11. The topological polar surface area (TPSA) is 45.7 Å². The first kappa shape index (κ1) is 17.0. The molecule has 0 unspecified atom stereocenters. The Hall–Kier alpha value is -2.34. The van der Waals surface area contributed by atoms with Gasteiger partial charge in [-0.3, -0.25) is 4.79 Å². The monoisotopic (exact) mass is 323 g/mol. The van der Waals surface area contributed by atoms with Gasteiger partial charge in [0.15, 0.2) is 6.54 Å². The maximum absolute atomic E-state index is 12.5. The van der Waals surface area contributed by atoms with Crippen LogP contribution in [-0.4, -0.2) is 12.5 Å². The highest BCUT2D eigenvalue weighted by Gasteiger charge is 2.30. The van der Waals surface area contributed by atoms with Gasteiger partial charge in [0.2, 0.25) is 0 Å². The first-order chi connectivity index (χ1) is 10.9. The van der Waals surface area contributed by atoms with Gasteiger partial charge in [0.25, 0.3) is 5.91 Å². The molecule has 0 aliphatic rings. The Bertz CT molecular complexity index is 639. The van der Waals surface area contributed by atoms with E-state index in [1.807, 2.05) is 42.6 Å². The maximum Gasteiger partial charge on any atom is 0.416 e. The van der Waals surface area contributed by atoms with Crippen LogP contribution in [0.2, 0.25) is 0 Å². The number of hydrogen-bond acceptors (Lipinski definition) is 1. The fraction of sp³-hybridized carbons (Fsp3) is 0.235. The molecule has 3 nitrogen and oxygen atoms in total. The molecule has 0 aliphatic carbocycles. The van der Waals surface area contributed by atoms with Crippen LogP contribution in [0.25, 0.3) is 0 Å². The molecule has 23 heavy (non-hydrogen) atoms. The quantitative estimate of drug-likeness (QED) is 0.873. The normalized spacial score (nSPS) is 12.7. The summed E-state index contributed by atoms with van der Waals surface area (Å²) in [5.74, 6) is -0.257. The molecule has 0 heterocycles. The third-order valence-electron chi connectivity index (χ3n) is 3.48. The molecule has 1 amide bonds. The molecule has 0 bridgehead atoms. The average Bonchev–Trinajstić information content (AvgIpc) is 2.53. The number of carbonyl (C=O) groups is 1. The fourth-order valence-corrected chi connectivity index (χ4v) is 2.13. The summed E-state index contributed by atoms with van der Waals surface area (Å²) in [7, 11) is 0. The Morgan fingerprint density at radius 3 is 2.26 bits per heavy atom. The highest BCUT2D eigenvalue weighted by atomic mass is 19.4. The molecule has 2 aromatic carbocycles. The van der Waals surface area contributed by atoms with E-state index in [4.69, 9.17) is 0 Å². The smallest absolute Gasteiger partial charge is 0.333 e. The van der Waals surface area contributed by atoms with Crippen LogP contribution >= 0.6 is 0 Å². The van der Waals surface area contributed by atoms with Crippen molar-refractivity contribution < 1.29 is 23.3 Å². The van der Waals surface area contributed by atoms with Crippen LogP contribution in [0.5, 0.6) is 0 Å².